The normalized spacial score (nSPS) is 10.3. The molecule has 6 nitrogen and oxygen atoms in total. The van der Waals surface area contributed by atoms with Crippen molar-refractivity contribution < 1.29 is 9.72 Å². The molecule has 0 saturated heterocycles. The Kier molecular flexibility index (Phi) is 5.05. The first-order valence-electron chi connectivity index (χ1n) is 8.02. The quantitative estimate of drug-likeness (QED) is 0.539. The van der Waals surface area contributed by atoms with Gasteiger partial charge in [0.05, 0.1) is 4.92 Å². The van der Waals surface area contributed by atoms with Gasteiger partial charge in [-0.3, -0.25) is 14.9 Å². The van der Waals surface area contributed by atoms with Crippen molar-refractivity contribution in [3.8, 4) is 11.1 Å². The first kappa shape index (κ1) is 17.3. The Bertz CT molecular complexity index is 970. The van der Waals surface area contributed by atoms with E-state index in [-0.39, 0.29) is 11.6 Å². The summed E-state index contributed by atoms with van der Waals surface area (Å²) in [6.07, 6.45) is 0. The van der Waals surface area contributed by atoms with E-state index >= 15 is 0 Å². The van der Waals surface area contributed by atoms with Crippen LogP contribution in [0.3, 0.4) is 0 Å². The van der Waals surface area contributed by atoms with Crippen molar-refractivity contribution in [2.75, 3.05) is 5.32 Å². The zero-order chi connectivity index (χ0) is 18.5. The molecule has 3 aromatic rings. The molecule has 0 aromatic heterocycles. The fourth-order valence-electron chi connectivity index (χ4n) is 2.62. The molecule has 3 aromatic carbocycles. The van der Waals surface area contributed by atoms with E-state index in [1.807, 2.05) is 30.3 Å². The highest BCUT2D eigenvalue weighted by atomic mass is 16.6. The summed E-state index contributed by atoms with van der Waals surface area (Å²) in [6, 6.07) is 20.8. The molecule has 3 N–H and O–H groups in total. The highest BCUT2D eigenvalue weighted by Crippen LogP contribution is 2.23. The number of carbonyl (C=O) groups excluding carboxylic acids is 1. The number of nitrogens with two attached hydrogens (primary N) is 1. The second-order valence-electron chi connectivity index (χ2n) is 5.75. The van der Waals surface area contributed by atoms with E-state index in [9.17, 15) is 14.9 Å². The van der Waals surface area contributed by atoms with E-state index in [2.05, 4.69) is 5.32 Å². The number of nitro benzene ring substituents is 1. The van der Waals surface area contributed by atoms with Crippen LogP contribution in [-0.2, 0) is 6.54 Å². The maximum Gasteiger partial charge on any atom is 0.271 e. The van der Waals surface area contributed by atoms with E-state index in [1.165, 1.54) is 18.2 Å². The summed E-state index contributed by atoms with van der Waals surface area (Å²) in [5.41, 5.74) is 9.32. The van der Waals surface area contributed by atoms with Crippen LogP contribution >= 0.6 is 0 Å². The van der Waals surface area contributed by atoms with E-state index in [0.29, 0.717) is 17.8 Å². The highest BCUT2D eigenvalue weighted by Gasteiger charge is 2.11. The molecule has 26 heavy (non-hydrogen) atoms. The van der Waals surface area contributed by atoms with E-state index in [0.717, 1.165) is 16.7 Å². The lowest BCUT2D eigenvalue weighted by Crippen LogP contribution is -2.12. The summed E-state index contributed by atoms with van der Waals surface area (Å²) in [7, 11) is 0. The van der Waals surface area contributed by atoms with E-state index in [1.54, 1.807) is 24.3 Å². The summed E-state index contributed by atoms with van der Waals surface area (Å²) in [4.78, 5) is 22.8. The van der Waals surface area contributed by atoms with Crippen LogP contribution in [0.25, 0.3) is 11.1 Å². The Balaban J connectivity index is 1.84. The Morgan fingerprint density at radius 2 is 1.65 bits per heavy atom. The smallest absolute Gasteiger partial charge is 0.271 e. The largest absolute Gasteiger partial charge is 0.326 e. The molecule has 0 aliphatic rings. The molecule has 0 saturated carbocycles. The number of carbonyl (C=O) groups is 1. The van der Waals surface area contributed by atoms with Gasteiger partial charge in [0, 0.05) is 29.9 Å². The van der Waals surface area contributed by atoms with Gasteiger partial charge in [-0.25, -0.2) is 0 Å². The summed E-state index contributed by atoms with van der Waals surface area (Å²) >= 11 is 0. The molecule has 130 valence electrons. The Hall–Kier alpha value is -3.51. The van der Waals surface area contributed by atoms with E-state index in [4.69, 9.17) is 5.73 Å². The van der Waals surface area contributed by atoms with Crippen molar-refractivity contribution in [3.05, 3.63) is 94.0 Å². The van der Waals surface area contributed by atoms with Crippen molar-refractivity contribution in [1.82, 2.24) is 0 Å². The summed E-state index contributed by atoms with van der Waals surface area (Å²) in [6.45, 7) is 0.445. The minimum atomic E-state index is -0.499. The molecule has 6 heteroatoms. The van der Waals surface area contributed by atoms with Crippen LogP contribution in [0, 0.1) is 10.1 Å². The molecule has 0 atom stereocenters. The van der Waals surface area contributed by atoms with Gasteiger partial charge in [0.2, 0.25) is 0 Å². The summed E-state index contributed by atoms with van der Waals surface area (Å²) in [5.74, 6) is -0.331. The second-order valence-corrected chi connectivity index (χ2v) is 5.75. The number of non-ortho nitro benzene ring substituents is 1. The van der Waals surface area contributed by atoms with Crippen LogP contribution in [0.15, 0.2) is 72.8 Å². The van der Waals surface area contributed by atoms with Crippen LogP contribution in [0.1, 0.15) is 15.9 Å². The van der Waals surface area contributed by atoms with Gasteiger partial charge in [-0.05, 0) is 41.0 Å². The van der Waals surface area contributed by atoms with Gasteiger partial charge in [0.15, 0.2) is 0 Å². The van der Waals surface area contributed by atoms with Crippen LogP contribution in [0.5, 0.6) is 0 Å². The average Bonchev–Trinajstić information content (AvgIpc) is 2.68. The zero-order valence-corrected chi connectivity index (χ0v) is 13.9. The maximum atomic E-state index is 12.5. The second kappa shape index (κ2) is 7.58. The van der Waals surface area contributed by atoms with Crippen molar-refractivity contribution in [1.29, 1.82) is 0 Å². The number of benzene rings is 3. The molecular formula is C20H17N3O3. The predicted octanol–water partition coefficient (Wildman–Crippen LogP) is 3.97. The third kappa shape index (κ3) is 3.93. The molecule has 0 bridgehead atoms. The van der Waals surface area contributed by atoms with Gasteiger partial charge in [-0.2, -0.15) is 0 Å². The lowest BCUT2D eigenvalue weighted by Gasteiger charge is -2.08. The zero-order valence-electron chi connectivity index (χ0n) is 13.9. The Morgan fingerprint density at radius 3 is 2.38 bits per heavy atom. The maximum absolute atomic E-state index is 12.5. The fourth-order valence-corrected chi connectivity index (χ4v) is 2.62. The van der Waals surface area contributed by atoms with Crippen molar-refractivity contribution in [3.63, 3.8) is 0 Å². The highest BCUT2D eigenvalue weighted by molar-refractivity contribution is 6.05. The van der Waals surface area contributed by atoms with Gasteiger partial charge < -0.3 is 11.1 Å². The summed E-state index contributed by atoms with van der Waals surface area (Å²) in [5, 5.41) is 13.5. The Morgan fingerprint density at radius 1 is 0.962 bits per heavy atom. The van der Waals surface area contributed by atoms with Gasteiger partial charge in [-0.1, -0.05) is 36.4 Å². The van der Waals surface area contributed by atoms with E-state index < -0.39 is 4.92 Å². The number of anilines is 1. The monoisotopic (exact) mass is 347 g/mol. The van der Waals surface area contributed by atoms with Crippen LogP contribution in [0.4, 0.5) is 11.4 Å². The minimum Gasteiger partial charge on any atom is -0.326 e. The molecule has 3 rings (SSSR count). The Labute approximate surface area is 150 Å². The fraction of sp³-hybridized carbons (Fsp3) is 0.0500. The molecule has 0 spiro atoms. The third-order valence-corrected chi connectivity index (χ3v) is 3.94. The third-order valence-electron chi connectivity index (χ3n) is 3.94. The number of nitro groups is 1. The minimum absolute atomic E-state index is 0.0739. The first-order chi connectivity index (χ1) is 12.6. The summed E-state index contributed by atoms with van der Waals surface area (Å²) < 4.78 is 0. The number of rotatable bonds is 5. The van der Waals surface area contributed by atoms with Gasteiger partial charge in [-0.15, -0.1) is 0 Å². The lowest BCUT2D eigenvalue weighted by atomic mass is 10.0. The molecular weight excluding hydrogens is 330 g/mol. The first-order valence-corrected chi connectivity index (χ1v) is 8.02. The predicted molar refractivity (Wildman–Crippen MR) is 101 cm³/mol. The van der Waals surface area contributed by atoms with Crippen LogP contribution < -0.4 is 11.1 Å². The number of nitrogens with zero attached hydrogens (tertiary/aromatic N) is 1. The number of hydrogen-bond donors (Lipinski definition) is 2. The number of nitrogens with one attached hydrogen (secondary N) is 1. The molecule has 1 amide bonds. The molecule has 0 aliphatic carbocycles. The van der Waals surface area contributed by atoms with Crippen molar-refractivity contribution >= 4 is 17.3 Å². The molecule has 0 fully saturated rings. The van der Waals surface area contributed by atoms with Crippen molar-refractivity contribution in [2.24, 2.45) is 5.73 Å². The topological polar surface area (TPSA) is 98.3 Å². The molecule has 0 radical (unpaired) electrons. The van der Waals surface area contributed by atoms with Crippen LogP contribution in [-0.4, -0.2) is 10.8 Å². The van der Waals surface area contributed by atoms with Gasteiger partial charge in [0.1, 0.15) is 0 Å². The standard InChI is InChI=1S/C20H17N3O3/c21-13-14-4-1-5-15(10-14)16-6-2-7-17(11-16)20(24)22-18-8-3-9-19(12-18)23(25)26/h1-12H,13,21H2,(H,22,24). The molecule has 0 heterocycles. The van der Waals surface area contributed by atoms with Gasteiger partial charge in [0.25, 0.3) is 11.6 Å². The number of amides is 1. The number of hydrogen-bond acceptors (Lipinski definition) is 4. The SMILES string of the molecule is NCc1cccc(-c2cccc(C(=O)Nc3cccc([N+](=O)[O-])c3)c2)c1. The van der Waals surface area contributed by atoms with Crippen molar-refractivity contribution in [2.45, 2.75) is 6.54 Å². The average molecular weight is 347 g/mol. The molecule has 0 aliphatic heterocycles. The van der Waals surface area contributed by atoms with Gasteiger partial charge >= 0.3 is 0 Å². The lowest BCUT2D eigenvalue weighted by molar-refractivity contribution is -0.384. The molecule has 0 unspecified atom stereocenters. The van der Waals surface area contributed by atoms with Crippen LogP contribution in [0.2, 0.25) is 0 Å².